The lowest BCUT2D eigenvalue weighted by Gasteiger charge is -2.12. The van der Waals surface area contributed by atoms with Crippen LogP contribution in [0.25, 0.3) is 0 Å². The number of carbonyl (C=O) groups excluding carboxylic acids is 2. The van der Waals surface area contributed by atoms with E-state index in [1.165, 1.54) is 19.2 Å². The van der Waals surface area contributed by atoms with Crippen LogP contribution in [-0.2, 0) is 9.59 Å². The molecule has 1 aromatic carbocycles. The number of methoxy groups -OCH3 is 1. The molecule has 0 radical (unpaired) electrons. The minimum absolute atomic E-state index is 0.0132. The number of hydrogen-bond acceptors (Lipinski definition) is 4. The third-order valence-corrected chi connectivity index (χ3v) is 4.20. The van der Waals surface area contributed by atoms with Crippen LogP contribution >= 0.6 is 0 Å². The van der Waals surface area contributed by atoms with Gasteiger partial charge in [-0.1, -0.05) is 0 Å². The average Bonchev–Trinajstić information content (AvgIpc) is 3.01. The van der Waals surface area contributed by atoms with Crippen molar-refractivity contribution in [1.82, 2.24) is 5.32 Å². The van der Waals surface area contributed by atoms with E-state index < -0.39 is 17.7 Å². The number of nitrogens with one attached hydrogen (secondary N) is 1. The molecule has 24 heavy (non-hydrogen) atoms. The van der Waals surface area contributed by atoms with Crippen LogP contribution in [0.4, 0.5) is 4.39 Å². The van der Waals surface area contributed by atoms with E-state index in [0.29, 0.717) is 19.3 Å². The second kappa shape index (κ2) is 7.90. The number of halogens is 1. The van der Waals surface area contributed by atoms with Gasteiger partial charge in [-0.15, -0.1) is 0 Å². The van der Waals surface area contributed by atoms with Crippen LogP contribution in [0.5, 0.6) is 5.75 Å². The molecule has 1 aromatic rings. The molecule has 0 spiro atoms. The van der Waals surface area contributed by atoms with Gasteiger partial charge in [0.2, 0.25) is 5.91 Å². The van der Waals surface area contributed by atoms with Gasteiger partial charge in [0, 0.05) is 24.4 Å². The normalized spacial score (nSPS) is 19.8. The fourth-order valence-electron chi connectivity index (χ4n) is 2.85. The van der Waals surface area contributed by atoms with Crippen molar-refractivity contribution in [2.45, 2.75) is 38.1 Å². The summed E-state index contributed by atoms with van der Waals surface area (Å²) in [4.78, 5) is 34.8. The van der Waals surface area contributed by atoms with Gasteiger partial charge < -0.3 is 15.2 Å². The van der Waals surface area contributed by atoms with Gasteiger partial charge in [-0.2, -0.15) is 0 Å². The molecule has 0 saturated heterocycles. The maximum absolute atomic E-state index is 13.6. The molecule has 2 rings (SSSR count). The minimum atomic E-state index is -0.844. The highest BCUT2D eigenvalue weighted by Crippen LogP contribution is 2.25. The Balaban J connectivity index is 1.80. The van der Waals surface area contributed by atoms with Crippen LogP contribution in [0.3, 0.4) is 0 Å². The van der Waals surface area contributed by atoms with Crippen LogP contribution in [0.15, 0.2) is 18.2 Å². The molecular weight excluding hydrogens is 317 g/mol. The van der Waals surface area contributed by atoms with Crippen molar-refractivity contribution >= 4 is 17.7 Å². The number of hydrogen-bond donors (Lipinski definition) is 2. The molecule has 2 atom stereocenters. The van der Waals surface area contributed by atoms with Gasteiger partial charge in [0.15, 0.2) is 17.3 Å². The van der Waals surface area contributed by atoms with Crippen LogP contribution in [0.2, 0.25) is 0 Å². The molecule has 0 heterocycles. The van der Waals surface area contributed by atoms with E-state index in [1.54, 1.807) is 0 Å². The fraction of sp³-hybridized carbons (Fsp3) is 0.471. The smallest absolute Gasteiger partial charge is 0.306 e. The number of amides is 1. The standard InChI is InChI=1S/C17H20FNO5/c1-24-15-6-3-10(9-13(15)18)14(20)5-7-16(21)19-12-4-2-11(8-12)17(22)23/h3,6,9,11-12H,2,4-5,7-8H2,1H3,(H,19,21)(H,22,23)/t11-,12+/m1/s1. The molecule has 1 aliphatic carbocycles. The van der Waals surface area contributed by atoms with Crippen LogP contribution in [0, 0.1) is 11.7 Å². The van der Waals surface area contributed by atoms with E-state index in [1.807, 2.05) is 0 Å². The molecule has 0 aliphatic heterocycles. The Morgan fingerprint density at radius 1 is 1.29 bits per heavy atom. The third-order valence-electron chi connectivity index (χ3n) is 4.20. The number of carboxylic acids is 1. The number of Topliss-reactive ketones (excluding diaryl/α,β-unsaturated/α-hetero) is 1. The molecule has 130 valence electrons. The number of carboxylic acid groups (broad SMARTS) is 1. The Morgan fingerprint density at radius 3 is 2.62 bits per heavy atom. The molecule has 1 fully saturated rings. The maximum Gasteiger partial charge on any atom is 0.306 e. The second-order valence-corrected chi connectivity index (χ2v) is 5.89. The fourth-order valence-corrected chi connectivity index (χ4v) is 2.85. The summed E-state index contributed by atoms with van der Waals surface area (Å²) < 4.78 is 18.4. The van der Waals surface area contributed by atoms with Crippen molar-refractivity contribution in [1.29, 1.82) is 0 Å². The summed E-state index contributed by atoms with van der Waals surface area (Å²) in [5.74, 6) is -2.46. The summed E-state index contributed by atoms with van der Waals surface area (Å²) in [7, 11) is 1.34. The van der Waals surface area contributed by atoms with E-state index in [4.69, 9.17) is 9.84 Å². The lowest BCUT2D eigenvalue weighted by Crippen LogP contribution is -2.33. The predicted octanol–water partition coefficient (Wildman–Crippen LogP) is 2.17. The number of carbonyl (C=O) groups is 3. The summed E-state index contributed by atoms with van der Waals surface area (Å²) in [6.45, 7) is 0. The zero-order valence-corrected chi connectivity index (χ0v) is 13.4. The minimum Gasteiger partial charge on any atom is -0.494 e. The highest BCUT2D eigenvalue weighted by molar-refractivity contribution is 5.98. The third kappa shape index (κ3) is 4.53. The number of ketones is 1. The SMILES string of the molecule is COc1ccc(C(=O)CCC(=O)N[C@H]2CC[C@@H](C(=O)O)C2)cc1F. The zero-order chi connectivity index (χ0) is 17.7. The first-order valence-corrected chi connectivity index (χ1v) is 7.79. The molecular formula is C17H20FNO5. The van der Waals surface area contributed by atoms with Crippen molar-refractivity contribution in [3.63, 3.8) is 0 Å². The van der Waals surface area contributed by atoms with Gasteiger partial charge in [-0.3, -0.25) is 14.4 Å². The van der Waals surface area contributed by atoms with Crippen LogP contribution < -0.4 is 10.1 Å². The first-order valence-electron chi connectivity index (χ1n) is 7.79. The summed E-state index contributed by atoms with van der Waals surface area (Å²) >= 11 is 0. The Bertz CT molecular complexity index is 646. The van der Waals surface area contributed by atoms with Gasteiger partial charge >= 0.3 is 5.97 Å². The predicted molar refractivity (Wildman–Crippen MR) is 83.4 cm³/mol. The molecule has 0 bridgehead atoms. The Kier molecular flexibility index (Phi) is 5.89. The summed E-state index contributed by atoms with van der Waals surface area (Å²) in [5, 5.41) is 11.7. The molecule has 0 aromatic heterocycles. The highest BCUT2D eigenvalue weighted by Gasteiger charge is 2.30. The summed E-state index contributed by atoms with van der Waals surface area (Å²) in [5.41, 5.74) is 0.188. The topological polar surface area (TPSA) is 92.7 Å². The van der Waals surface area contributed by atoms with Crippen molar-refractivity contribution in [2.75, 3.05) is 7.11 Å². The molecule has 6 nitrogen and oxygen atoms in total. The van der Waals surface area contributed by atoms with Crippen molar-refractivity contribution in [3.05, 3.63) is 29.6 Å². The number of benzene rings is 1. The average molecular weight is 337 g/mol. The van der Waals surface area contributed by atoms with E-state index in [9.17, 15) is 18.8 Å². The lowest BCUT2D eigenvalue weighted by molar-refractivity contribution is -0.141. The van der Waals surface area contributed by atoms with E-state index in [-0.39, 0.29) is 41.9 Å². The van der Waals surface area contributed by atoms with Crippen molar-refractivity contribution < 1.29 is 28.6 Å². The molecule has 1 aliphatic rings. The van der Waals surface area contributed by atoms with E-state index in [0.717, 1.165) is 6.07 Å². The van der Waals surface area contributed by atoms with Gasteiger partial charge in [0.25, 0.3) is 0 Å². The number of rotatable bonds is 7. The number of aliphatic carboxylic acids is 1. The molecule has 1 amide bonds. The quantitative estimate of drug-likeness (QED) is 0.744. The highest BCUT2D eigenvalue weighted by atomic mass is 19.1. The Labute approximate surface area is 139 Å². The molecule has 7 heteroatoms. The summed E-state index contributed by atoms with van der Waals surface area (Å²) in [6.07, 6.45) is 1.54. The van der Waals surface area contributed by atoms with Crippen molar-refractivity contribution in [3.8, 4) is 5.75 Å². The first-order chi connectivity index (χ1) is 11.4. The van der Waals surface area contributed by atoms with E-state index >= 15 is 0 Å². The largest absolute Gasteiger partial charge is 0.494 e. The zero-order valence-electron chi connectivity index (χ0n) is 13.4. The van der Waals surface area contributed by atoms with Crippen LogP contribution in [0.1, 0.15) is 42.5 Å². The van der Waals surface area contributed by atoms with Gasteiger partial charge in [-0.25, -0.2) is 4.39 Å². The first kappa shape index (κ1) is 17.9. The lowest BCUT2D eigenvalue weighted by atomic mass is 10.1. The van der Waals surface area contributed by atoms with Gasteiger partial charge in [-0.05, 0) is 37.5 Å². The van der Waals surface area contributed by atoms with Gasteiger partial charge in [0.1, 0.15) is 0 Å². The molecule has 1 saturated carbocycles. The Morgan fingerprint density at radius 2 is 2.04 bits per heavy atom. The monoisotopic (exact) mass is 337 g/mol. The molecule has 2 N–H and O–H groups in total. The van der Waals surface area contributed by atoms with E-state index in [2.05, 4.69) is 5.32 Å². The second-order valence-electron chi connectivity index (χ2n) is 5.89. The molecule has 0 unspecified atom stereocenters. The maximum atomic E-state index is 13.6. The van der Waals surface area contributed by atoms with Gasteiger partial charge in [0.05, 0.1) is 13.0 Å². The summed E-state index contributed by atoms with van der Waals surface area (Å²) in [6, 6.07) is 3.75. The van der Waals surface area contributed by atoms with Crippen LogP contribution in [-0.4, -0.2) is 35.9 Å². The van der Waals surface area contributed by atoms with Crippen molar-refractivity contribution in [2.24, 2.45) is 5.92 Å². The number of ether oxygens (including phenoxy) is 1. The Hall–Kier alpha value is -2.44.